The zero-order valence-corrected chi connectivity index (χ0v) is 13.4. The highest BCUT2D eigenvalue weighted by molar-refractivity contribution is 8.00. The lowest BCUT2D eigenvalue weighted by atomic mass is 10.5. The van der Waals surface area contributed by atoms with Crippen molar-refractivity contribution in [1.29, 1.82) is 0 Å². The topological polar surface area (TPSA) is 85.7 Å². The molecule has 0 spiro atoms. The molecule has 0 saturated heterocycles. The number of nitrogens with zero attached hydrogens (tertiary/aromatic N) is 5. The molecule has 2 aromatic rings. The first-order valence-electron chi connectivity index (χ1n) is 6.21. The minimum absolute atomic E-state index is 0.00787. The number of aromatic nitrogens is 5. The molecule has 0 aromatic carbocycles. The van der Waals surface area contributed by atoms with Crippen LogP contribution in [0.5, 0.6) is 6.01 Å². The summed E-state index contributed by atoms with van der Waals surface area (Å²) < 4.78 is 6.33. The van der Waals surface area contributed by atoms with Gasteiger partial charge in [-0.2, -0.15) is 15.0 Å². The molecule has 0 amide bonds. The summed E-state index contributed by atoms with van der Waals surface area (Å²) in [5.41, 5.74) is 0. The molecule has 7 nitrogen and oxygen atoms in total. The number of nitrogens with one attached hydrogen (secondary N) is 1. The number of rotatable bonds is 6. The molecular formula is C11H16N6OS2. The Hall–Kier alpha value is -1.48. The number of hydrogen-bond donors (Lipinski definition) is 1. The van der Waals surface area contributed by atoms with E-state index >= 15 is 0 Å². The van der Waals surface area contributed by atoms with Crippen molar-refractivity contribution in [3.8, 4) is 6.01 Å². The van der Waals surface area contributed by atoms with Crippen LogP contribution in [0.15, 0.2) is 9.50 Å². The molecule has 0 unspecified atom stereocenters. The zero-order chi connectivity index (χ0) is 14.5. The van der Waals surface area contributed by atoms with E-state index in [1.807, 2.05) is 27.7 Å². The number of ether oxygens (including phenoxy) is 1. The van der Waals surface area contributed by atoms with Gasteiger partial charge in [0.15, 0.2) is 4.34 Å². The van der Waals surface area contributed by atoms with Gasteiger partial charge in [-0.05, 0) is 39.5 Å². The molecular weight excluding hydrogens is 296 g/mol. The van der Waals surface area contributed by atoms with E-state index in [0.717, 1.165) is 15.9 Å². The second-order valence-corrected chi connectivity index (χ2v) is 6.51. The van der Waals surface area contributed by atoms with Gasteiger partial charge in [0.1, 0.15) is 5.01 Å². The highest BCUT2D eigenvalue weighted by atomic mass is 32.2. The Labute approximate surface area is 125 Å². The first-order valence-corrected chi connectivity index (χ1v) is 7.84. The molecule has 0 radical (unpaired) electrons. The fourth-order valence-electron chi connectivity index (χ4n) is 1.28. The van der Waals surface area contributed by atoms with Crippen LogP contribution in [0.25, 0.3) is 0 Å². The summed E-state index contributed by atoms with van der Waals surface area (Å²) in [6, 6.07) is 0.315. The Bertz CT molecular complexity index is 574. The summed E-state index contributed by atoms with van der Waals surface area (Å²) in [6.07, 6.45) is 0.00787. The summed E-state index contributed by atoms with van der Waals surface area (Å²) in [5, 5.41) is 12.5. The molecule has 2 rings (SSSR count). The van der Waals surface area contributed by atoms with Crippen LogP contribution in [0.2, 0.25) is 0 Å². The predicted molar refractivity (Wildman–Crippen MR) is 78.5 cm³/mol. The Morgan fingerprint density at radius 3 is 2.65 bits per heavy atom. The summed E-state index contributed by atoms with van der Waals surface area (Å²) in [7, 11) is 0. The summed E-state index contributed by atoms with van der Waals surface area (Å²) in [4.78, 5) is 12.8. The predicted octanol–water partition coefficient (Wildman–Crippen LogP) is 2.40. The normalized spacial score (nSPS) is 10.8. The van der Waals surface area contributed by atoms with Crippen molar-refractivity contribution in [2.75, 3.05) is 11.9 Å². The van der Waals surface area contributed by atoms with E-state index in [1.165, 1.54) is 23.1 Å². The second-order valence-electron chi connectivity index (χ2n) is 4.11. The molecule has 0 bridgehead atoms. The Morgan fingerprint density at radius 2 is 2.05 bits per heavy atom. The van der Waals surface area contributed by atoms with Crippen LogP contribution in [0.4, 0.5) is 5.95 Å². The minimum atomic E-state index is 0.00787. The van der Waals surface area contributed by atoms with Crippen molar-refractivity contribution in [1.82, 2.24) is 25.1 Å². The number of anilines is 1. The fraction of sp³-hybridized carbons (Fsp3) is 0.545. The van der Waals surface area contributed by atoms with E-state index in [0.29, 0.717) is 17.1 Å². The molecule has 2 heterocycles. The van der Waals surface area contributed by atoms with Gasteiger partial charge in [-0.15, -0.1) is 10.2 Å². The first kappa shape index (κ1) is 14.9. The average molecular weight is 312 g/mol. The third-order valence-corrected chi connectivity index (χ3v) is 3.71. The quantitative estimate of drug-likeness (QED) is 0.870. The first-order chi connectivity index (χ1) is 9.56. The lowest BCUT2D eigenvalue weighted by Gasteiger charge is -2.09. The van der Waals surface area contributed by atoms with Crippen molar-refractivity contribution < 1.29 is 4.74 Å². The second kappa shape index (κ2) is 6.80. The van der Waals surface area contributed by atoms with Crippen molar-refractivity contribution in [3.05, 3.63) is 5.01 Å². The highest BCUT2D eigenvalue weighted by Gasteiger charge is 2.12. The molecule has 0 aliphatic heterocycles. The molecule has 0 fully saturated rings. The van der Waals surface area contributed by atoms with Gasteiger partial charge in [-0.25, -0.2) is 0 Å². The standard InChI is InChI=1S/C11H16N6OS2/c1-5-12-8-13-9(18-6(2)3)15-10(14-8)20-11-17-16-7(4)19-11/h6H,5H2,1-4H3,(H,12,13,14,15). The maximum Gasteiger partial charge on any atom is 0.322 e. The summed E-state index contributed by atoms with van der Waals surface area (Å²) in [6.45, 7) is 8.47. The lowest BCUT2D eigenvalue weighted by molar-refractivity contribution is 0.219. The van der Waals surface area contributed by atoms with Gasteiger partial charge in [0.25, 0.3) is 0 Å². The fourth-order valence-corrected chi connectivity index (χ4v) is 2.94. The van der Waals surface area contributed by atoms with Crippen LogP contribution in [-0.2, 0) is 0 Å². The molecule has 0 aliphatic carbocycles. The molecule has 1 N–H and O–H groups in total. The molecule has 0 aliphatic rings. The van der Waals surface area contributed by atoms with Gasteiger partial charge in [0, 0.05) is 6.54 Å². The smallest absolute Gasteiger partial charge is 0.322 e. The SMILES string of the molecule is CCNc1nc(OC(C)C)nc(Sc2nnc(C)s2)n1. The van der Waals surface area contributed by atoms with Crippen LogP contribution >= 0.6 is 23.1 Å². The summed E-state index contributed by atoms with van der Waals surface area (Å²) in [5.74, 6) is 0.502. The molecule has 20 heavy (non-hydrogen) atoms. The largest absolute Gasteiger partial charge is 0.461 e. The highest BCUT2D eigenvalue weighted by Crippen LogP contribution is 2.28. The van der Waals surface area contributed by atoms with Gasteiger partial charge in [-0.1, -0.05) is 11.3 Å². The van der Waals surface area contributed by atoms with Crippen molar-refractivity contribution in [2.24, 2.45) is 0 Å². The van der Waals surface area contributed by atoms with E-state index in [-0.39, 0.29) is 6.10 Å². The van der Waals surface area contributed by atoms with Gasteiger partial charge < -0.3 is 10.1 Å². The van der Waals surface area contributed by atoms with Gasteiger partial charge in [0.2, 0.25) is 11.1 Å². The lowest BCUT2D eigenvalue weighted by Crippen LogP contribution is -2.11. The van der Waals surface area contributed by atoms with E-state index in [9.17, 15) is 0 Å². The van der Waals surface area contributed by atoms with Crippen LogP contribution in [0.3, 0.4) is 0 Å². The van der Waals surface area contributed by atoms with Crippen molar-refractivity contribution >= 4 is 29.0 Å². The Balaban J connectivity index is 2.23. The molecule has 0 atom stereocenters. The minimum Gasteiger partial charge on any atom is -0.461 e. The van der Waals surface area contributed by atoms with Gasteiger partial charge in [0.05, 0.1) is 6.10 Å². The third-order valence-electron chi connectivity index (χ3n) is 1.96. The monoisotopic (exact) mass is 312 g/mol. The number of hydrogen-bond acceptors (Lipinski definition) is 9. The van der Waals surface area contributed by atoms with Crippen LogP contribution < -0.4 is 10.1 Å². The maximum absolute atomic E-state index is 5.54. The van der Waals surface area contributed by atoms with E-state index < -0.39 is 0 Å². The van der Waals surface area contributed by atoms with E-state index in [1.54, 1.807) is 0 Å². The zero-order valence-electron chi connectivity index (χ0n) is 11.7. The Morgan fingerprint density at radius 1 is 1.25 bits per heavy atom. The van der Waals surface area contributed by atoms with Gasteiger partial charge in [-0.3, -0.25) is 0 Å². The summed E-state index contributed by atoms with van der Waals surface area (Å²) >= 11 is 2.85. The number of aryl methyl sites for hydroxylation is 1. The Kier molecular flexibility index (Phi) is 5.07. The van der Waals surface area contributed by atoms with Gasteiger partial charge >= 0.3 is 6.01 Å². The van der Waals surface area contributed by atoms with E-state index in [2.05, 4.69) is 30.5 Å². The third kappa shape index (κ3) is 4.27. The molecule has 0 saturated carbocycles. The van der Waals surface area contributed by atoms with Crippen LogP contribution in [0, 0.1) is 6.92 Å². The average Bonchev–Trinajstić information content (AvgIpc) is 2.74. The van der Waals surface area contributed by atoms with Crippen molar-refractivity contribution in [2.45, 2.75) is 43.3 Å². The maximum atomic E-state index is 5.54. The van der Waals surface area contributed by atoms with Crippen LogP contribution in [-0.4, -0.2) is 37.8 Å². The molecule has 9 heteroatoms. The van der Waals surface area contributed by atoms with Crippen molar-refractivity contribution in [3.63, 3.8) is 0 Å². The molecule has 2 aromatic heterocycles. The molecule has 108 valence electrons. The van der Waals surface area contributed by atoms with Crippen LogP contribution in [0.1, 0.15) is 25.8 Å². The van der Waals surface area contributed by atoms with E-state index in [4.69, 9.17) is 4.74 Å².